The quantitative estimate of drug-likeness (QED) is 0.750. The van der Waals surface area contributed by atoms with Gasteiger partial charge in [-0.25, -0.2) is 0 Å². The molecule has 4 rings (SSSR count). The third-order valence-corrected chi connectivity index (χ3v) is 6.75. The summed E-state index contributed by atoms with van der Waals surface area (Å²) in [5.41, 5.74) is 0.714. The fourth-order valence-electron chi connectivity index (χ4n) is 5.04. The number of rotatable bonds is 5. The third kappa shape index (κ3) is 5.12. The molecule has 0 aromatic heterocycles. The molecule has 5 heteroatoms. The Balaban J connectivity index is 1.30. The minimum atomic E-state index is 0.112. The van der Waals surface area contributed by atoms with Crippen molar-refractivity contribution in [2.45, 2.75) is 57.8 Å². The molecule has 0 bridgehead atoms. The molecule has 0 spiro atoms. The Bertz CT molecular complexity index is 708. The van der Waals surface area contributed by atoms with E-state index in [4.69, 9.17) is 4.74 Å². The Labute approximate surface area is 174 Å². The first-order valence-corrected chi connectivity index (χ1v) is 11.5. The van der Waals surface area contributed by atoms with Crippen LogP contribution in [-0.2, 0) is 4.79 Å². The summed E-state index contributed by atoms with van der Waals surface area (Å²) >= 11 is 0. The zero-order valence-corrected chi connectivity index (χ0v) is 17.5. The maximum atomic E-state index is 12.7. The van der Waals surface area contributed by atoms with Crippen molar-refractivity contribution >= 4 is 11.8 Å². The van der Waals surface area contributed by atoms with Crippen LogP contribution in [0.3, 0.4) is 0 Å². The van der Waals surface area contributed by atoms with Crippen molar-refractivity contribution in [1.82, 2.24) is 9.80 Å². The normalized spacial score (nSPS) is 23.2. The molecule has 1 atom stereocenters. The maximum Gasteiger partial charge on any atom is 0.253 e. The molecule has 0 N–H and O–H groups in total. The van der Waals surface area contributed by atoms with Gasteiger partial charge in [-0.05, 0) is 63.1 Å². The Morgan fingerprint density at radius 1 is 0.897 bits per heavy atom. The highest BCUT2D eigenvalue weighted by molar-refractivity contribution is 5.94. The van der Waals surface area contributed by atoms with E-state index in [1.165, 1.54) is 19.3 Å². The second-order valence-electron chi connectivity index (χ2n) is 8.97. The predicted molar refractivity (Wildman–Crippen MR) is 113 cm³/mol. The fourth-order valence-corrected chi connectivity index (χ4v) is 5.04. The monoisotopic (exact) mass is 398 g/mol. The minimum absolute atomic E-state index is 0.112. The SMILES string of the molecule is O=C(c1cccc(OC[C@@H]2CCCN(C(=O)C3CCCC3)C2)c1)N1CCCCC1. The number of ether oxygens (including phenoxy) is 1. The largest absolute Gasteiger partial charge is 0.493 e. The highest BCUT2D eigenvalue weighted by Gasteiger charge is 2.30. The molecular weight excluding hydrogens is 364 g/mol. The average Bonchev–Trinajstić information content (AvgIpc) is 3.33. The third-order valence-electron chi connectivity index (χ3n) is 6.75. The van der Waals surface area contributed by atoms with Crippen LogP contribution in [0.15, 0.2) is 24.3 Å². The lowest BCUT2D eigenvalue weighted by atomic mass is 9.96. The molecule has 0 radical (unpaired) electrons. The van der Waals surface area contributed by atoms with Gasteiger partial charge in [-0.3, -0.25) is 9.59 Å². The Morgan fingerprint density at radius 2 is 1.66 bits per heavy atom. The van der Waals surface area contributed by atoms with Crippen molar-refractivity contribution < 1.29 is 14.3 Å². The van der Waals surface area contributed by atoms with E-state index in [9.17, 15) is 9.59 Å². The van der Waals surface area contributed by atoms with Gasteiger partial charge in [0.25, 0.3) is 5.91 Å². The van der Waals surface area contributed by atoms with Gasteiger partial charge in [0, 0.05) is 43.6 Å². The molecule has 2 heterocycles. The summed E-state index contributed by atoms with van der Waals surface area (Å²) in [5, 5.41) is 0. The lowest BCUT2D eigenvalue weighted by Crippen LogP contribution is -2.43. The van der Waals surface area contributed by atoms with Gasteiger partial charge in [0.1, 0.15) is 5.75 Å². The lowest BCUT2D eigenvalue weighted by molar-refractivity contribution is -0.137. The van der Waals surface area contributed by atoms with E-state index in [1.54, 1.807) is 0 Å². The number of hydrogen-bond acceptors (Lipinski definition) is 3. The Morgan fingerprint density at radius 3 is 2.45 bits per heavy atom. The number of carbonyl (C=O) groups excluding carboxylic acids is 2. The van der Waals surface area contributed by atoms with Crippen molar-refractivity contribution in [2.75, 3.05) is 32.8 Å². The van der Waals surface area contributed by atoms with E-state index >= 15 is 0 Å². The highest BCUT2D eigenvalue weighted by Crippen LogP contribution is 2.29. The molecule has 158 valence electrons. The number of benzene rings is 1. The van der Waals surface area contributed by atoms with Crippen LogP contribution < -0.4 is 4.74 Å². The van der Waals surface area contributed by atoms with Crippen LogP contribution in [0.25, 0.3) is 0 Å². The second-order valence-corrected chi connectivity index (χ2v) is 8.97. The first kappa shape index (κ1) is 20.2. The molecule has 1 aromatic carbocycles. The van der Waals surface area contributed by atoms with Crippen molar-refractivity contribution in [1.29, 1.82) is 0 Å². The summed E-state index contributed by atoms with van der Waals surface area (Å²) in [4.78, 5) is 29.5. The Hall–Kier alpha value is -2.04. The number of piperidine rings is 2. The molecule has 29 heavy (non-hydrogen) atoms. The van der Waals surface area contributed by atoms with Crippen LogP contribution in [0.4, 0.5) is 0 Å². The molecule has 2 aliphatic heterocycles. The van der Waals surface area contributed by atoms with Gasteiger partial charge in [-0.15, -0.1) is 0 Å². The number of nitrogens with zero attached hydrogens (tertiary/aromatic N) is 2. The smallest absolute Gasteiger partial charge is 0.253 e. The molecule has 3 fully saturated rings. The molecule has 1 aliphatic carbocycles. The summed E-state index contributed by atoms with van der Waals surface area (Å²) in [6.45, 7) is 4.02. The van der Waals surface area contributed by atoms with Crippen molar-refractivity contribution in [3.05, 3.63) is 29.8 Å². The summed E-state index contributed by atoms with van der Waals surface area (Å²) in [6.07, 6.45) is 10.1. The molecule has 2 amide bonds. The van der Waals surface area contributed by atoms with Crippen LogP contribution in [0.5, 0.6) is 5.75 Å². The van der Waals surface area contributed by atoms with E-state index in [2.05, 4.69) is 4.90 Å². The summed E-state index contributed by atoms with van der Waals surface area (Å²) in [7, 11) is 0. The van der Waals surface area contributed by atoms with Crippen LogP contribution in [0, 0.1) is 11.8 Å². The van der Waals surface area contributed by atoms with Gasteiger partial charge in [0.05, 0.1) is 6.61 Å². The van der Waals surface area contributed by atoms with Crippen molar-refractivity contribution in [3.63, 3.8) is 0 Å². The zero-order chi connectivity index (χ0) is 20.1. The molecule has 2 saturated heterocycles. The molecule has 0 unspecified atom stereocenters. The molecule has 5 nitrogen and oxygen atoms in total. The molecule has 1 aromatic rings. The summed E-state index contributed by atoms with van der Waals surface area (Å²) in [5.74, 6) is 1.86. The first-order chi connectivity index (χ1) is 14.2. The molecule has 3 aliphatic rings. The number of hydrogen-bond donors (Lipinski definition) is 0. The van der Waals surface area contributed by atoms with E-state index in [1.807, 2.05) is 29.2 Å². The topological polar surface area (TPSA) is 49.9 Å². The number of carbonyl (C=O) groups is 2. The average molecular weight is 399 g/mol. The van der Waals surface area contributed by atoms with Gasteiger partial charge in [-0.2, -0.15) is 0 Å². The Kier molecular flexibility index (Phi) is 6.73. The van der Waals surface area contributed by atoms with Gasteiger partial charge >= 0.3 is 0 Å². The van der Waals surface area contributed by atoms with Gasteiger partial charge < -0.3 is 14.5 Å². The predicted octanol–water partition coefficient (Wildman–Crippen LogP) is 4.12. The number of amides is 2. The van der Waals surface area contributed by atoms with E-state index in [0.29, 0.717) is 24.0 Å². The van der Waals surface area contributed by atoms with E-state index in [0.717, 1.165) is 70.5 Å². The van der Waals surface area contributed by atoms with Crippen LogP contribution in [0.1, 0.15) is 68.1 Å². The van der Waals surface area contributed by atoms with Crippen molar-refractivity contribution in [3.8, 4) is 5.75 Å². The van der Waals surface area contributed by atoms with Gasteiger partial charge in [0.15, 0.2) is 0 Å². The zero-order valence-electron chi connectivity index (χ0n) is 17.5. The highest BCUT2D eigenvalue weighted by atomic mass is 16.5. The van der Waals surface area contributed by atoms with E-state index in [-0.39, 0.29) is 11.8 Å². The fraction of sp³-hybridized carbons (Fsp3) is 0.667. The van der Waals surface area contributed by atoms with Crippen molar-refractivity contribution in [2.24, 2.45) is 11.8 Å². The molecular formula is C24H34N2O3. The second kappa shape index (κ2) is 9.64. The summed E-state index contributed by atoms with van der Waals surface area (Å²) in [6, 6.07) is 7.59. The summed E-state index contributed by atoms with van der Waals surface area (Å²) < 4.78 is 6.07. The van der Waals surface area contributed by atoms with Crippen LogP contribution in [0.2, 0.25) is 0 Å². The van der Waals surface area contributed by atoms with E-state index < -0.39 is 0 Å². The number of likely N-dealkylation sites (tertiary alicyclic amines) is 2. The first-order valence-electron chi connectivity index (χ1n) is 11.5. The molecule has 1 saturated carbocycles. The lowest BCUT2D eigenvalue weighted by Gasteiger charge is -2.34. The maximum absolute atomic E-state index is 12.7. The van der Waals surface area contributed by atoms with Gasteiger partial charge in [-0.1, -0.05) is 18.9 Å². The van der Waals surface area contributed by atoms with Crippen LogP contribution >= 0.6 is 0 Å². The van der Waals surface area contributed by atoms with Crippen LogP contribution in [-0.4, -0.2) is 54.4 Å². The van der Waals surface area contributed by atoms with Gasteiger partial charge in [0.2, 0.25) is 5.91 Å². The minimum Gasteiger partial charge on any atom is -0.493 e. The standard InChI is InChI=1S/C24H34N2O3/c27-23(20-9-2-3-10-20)26-15-7-8-19(17-26)18-29-22-12-6-11-21(16-22)24(28)25-13-4-1-5-14-25/h6,11-12,16,19-20H,1-5,7-10,13-15,17-18H2/t19-/m1/s1.